The number of aromatic hydroxyl groups is 1. The maximum atomic E-state index is 13.6. The van der Waals surface area contributed by atoms with Gasteiger partial charge in [0.05, 0.1) is 11.4 Å². The number of phenolic OH excluding ortho intramolecular Hbond substituents is 1. The molecular weight excluding hydrogens is 477 g/mol. The lowest BCUT2D eigenvalue weighted by Crippen LogP contribution is -2.46. The van der Waals surface area contributed by atoms with Crippen molar-refractivity contribution in [1.82, 2.24) is 28.0 Å². The molecule has 178 valence electrons. The molecule has 0 bridgehead atoms. The fourth-order valence-electron chi connectivity index (χ4n) is 3.96. The van der Waals surface area contributed by atoms with E-state index in [2.05, 4.69) is 20.3 Å². The molecule has 34 heavy (non-hydrogen) atoms. The van der Waals surface area contributed by atoms with Gasteiger partial charge < -0.3 is 10.4 Å². The molecule has 4 heterocycles. The number of phenols is 1. The molecule has 1 atom stereocenters. The van der Waals surface area contributed by atoms with E-state index in [1.54, 1.807) is 18.3 Å². The van der Waals surface area contributed by atoms with Gasteiger partial charge in [0.2, 0.25) is 5.95 Å². The summed E-state index contributed by atoms with van der Waals surface area (Å²) in [5.41, 5.74) is 2.55. The van der Waals surface area contributed by atoms with Crippen LogP contribution in [0.4, 0.5) is 10.3 Å². The summed E-state index contributed by atoms with van der Waals surface area (Å²) in [6.07, 6.45) is 4.56. The van der Waals surface area contributed by atoms with Gasteiger partial charge in [-0.05, 0) is 30.7 Å². The number of hydrogen-bond acceptors (Lipinski definition) is 7. The summed E-state index contributed by atoms with van der Waals surface area (Å²) in [6.45, 7) is 5.59. The van der Waals surface area contributed by atoms with Gasteiger partial charge in [-0.2, -0.15) is 0 Å². The molecule has 0 saturated carbocycles. The lowest BCUT2D eigenvalue weighted by molar-refractivity contribution is 0.327. The first-order valence-electron chi connectivity index (χ1n) is 11.0. The van der Waals surface area contributed by atoms with Crippen LogP contribution in [0.2, 0.25) is 0 Å². The highest BCUT2D eigenvalue weighted by atomic mass is 32.2. The van der Waals surface area contributed by atoms with Crippen molar-refractivity contribution in [2.45, 2.75) is 13.3 Å². The van der Waals surface area contributed by atoms with Crippen molar-refractivity contribution in [2.75, 3.05) is 38.0 Å². The summed E-state index contributed by atoms with van der Waals surface area (Å²) >= 11 is 0.360. The minimum absolute atomic E-state index is 0.429. The van der Waals surface area contributed by atoms with Gasteiger partial charge in [0, 0.05) is 56.1 Å². The zero-order chi connectivity index (χ0) is 23.7. The molecule has 2 N–H and O–H groups in total. The van der Waals surface area contributed by atoms with Crippen molar-refractivity contribution in [3.8, 4) is 28.4 Å². The molecule has 0 aliphatic carbocycles. The summed E-state index contributed by atoms with van der Waals surface area (Å²) in [5.74, 6) is -0.663. The summed E-state index contributed by atoms with van der Waals surface area (Å²) < 4.78 is 32.0. The summed E-state index contributed by atoms with van der Waals surface area (Å²) in [7, 11) is 0. The molecule has 12 heteroatoms. The summed E-state index contributed by atoms with van der Waals surface area (Å²) in [5, 5.41) is 15.0. The Labute approximate surface area is 202 Å². The average molecular weight is 502 g/mol. The Hall–Kier alpha value is -2.93. The maximum Gasteiger partial charge on any atom is 0.223 e. The van der Waals surface area contributed by atoms with Crippen LogP contribution in [-0.2, 0) is 11.2 Å². The molecule has 9 nitrogen and oxygen atoms in total. The van der Waals surface area contributed by atoms with E-state index in [0.717, 1.165) is 36.7 Å². The first kappa shape index (κ1) is 22.8. The molecular formula is C22H24FN7O2S2. The van der Waals surface area contributed by atoms with Crippen molar-refractivity contribution >= 4 is 33.4 Å². The van der Waals surface area contributed by atoms with E-state index in [0.29, 0.717) is 36.0 Å². The number of nitrogens with zero attached hydrogens (tertiary/aromatic N) is 6. The van der Waals surface area contributed by atoms with Gasteiger partial charge in [-0.3, -0.25) is 4.40 Å². The molecule has 3 aromatic heterocycles. The molecule has 5 rings (SSSR count). The SMILES string of the molecule is CCN1CCCN(CCNc2nccc(-c3c(-c4ccc(F)c(O)c4)nc4sccn34)n2)S1=O. The van der Waals surface area contributed by atoms with Crippen molar-refractivity contribution in [1.29, 1.82) is 0 Å². The van der Waals surface area contributed by atoms with Crippen LogP contribution >= 0.6 is 11.3 Å². The highest BCUT2D eigenvalue weighted by Crippen LogP contribution is 2.35. The first-order chi connectivity index (χ1) is 16.5. The standard InChI is InChI=1S/C22H24FN7O2S2/c1-2-28-9-3-10-29(34(28)32)11-8-25-21-24-7-6-17(26-21)20-19(27-22-30(20)12-13-33-22)15-4-5-16(23)18(31)14-15/h4-7,12-14,31H,2-3,8-11H2,1H3,(H,24,25,26). The lowest BCUT2D eigenvalue weighted by atomic mass is 10.1. The van der Waals surface area contributed by atoms with Crippen LogP contribution < -0.4 is 5.32 Å². The molecule has 0 amide bonds. The van der Waals surface area contributed by atoms with Crippen LogP contribution in [0.5, 0.6) is 5.75 Å². The number of halogens is 1. The molecule has 1 fully saturated rings. The summed E-state index contributed by atoms with van der Waals surface area (Å²) in [6, 6.07) is 5.96. The van der Waals surface area contributed by atoms with Crippen LogP contribution in [0.15, 0.2) is 42.0 Å². The number of fused-ring (bicyclic) bond motifs is 1. The van der Waals surface area contributed by atoms with Crippen LogP contribution in [0.3, 0.4) is 0 Å². The van der Waals surface area contributed by atoms with Gasteiger partial charge in [-0.1, -0.05) is 6.92 Å². The van der Waals surface area contributed by atoms with Crippen molar-refractivity contribution in [3.05, 3.63) is 47.9 Å². The molecule has 1 aliphatic heterocycles. The van der Waals surface area contributed by atoms with Gasteiger partial charge in [-0.15, -0.1) is 11.3 Å². The third-order valence-electron chi connectivity index (χ3n) is 5.63. The minimum Gasteiger partial charge on any atom is -0.505 e. The van der Waals surface area contributed by atoms with Crippen LogP contribution in [0.1, 0.15) is 13.3 Å². The molecule has 0 radical (unpaired) electrons. The molecule has 1 unspecified atom stereocenters. The smallest absolute Gasteiger partial charge is 0.223 e. The topological polar surface area (TPSA) is 98.9 Å². The molecule has 4 aromatic rings. The number of nitrogens with one attached hydrogen (secondary N) is 1. The predicted molar refractivity (Wildman–Crippen MR) is 131 cm³/mol. The second-order valence-corrected chi connectivity index (χ2v) is 10.1. The van der Waals surface area contributed by atoms with Crippen LogP contribution in [0, 0.1) is 5.82 Å². The highest BCUT2D eigenvalue weighted by Gasteiger charge is 2.24. The normalized spacial score (nSPS) is 17.4. The van der Waals surface area contributed by atoms with E-state index in [4.69, 9.17) is 0 Å². The third kappa shape index (κ3) is 4.41. The highest BCUT2D eigenvalue weighted by molar-refractivity contribution is 7.80. The molecule has 1 aliphatic rings. The van der Waals surface area contributed by atoms with Gasteiger partial charge in [0.1, 0.15) is 5.69 Å². The third-order valence-corrected chi connectivity index (χ3v) is 8.08. The molecule has 1 aromatic carbocycles. The predicted octanol–water partition coefficient (Wildman–Crippen LogP) is 3.38. The maximum absolute atomic E-state index is 13.6. The summed E-state index contributed by atoms with van der Waals surface area (Å²) in [4.78, 5) is 14.5. The second kappa shape index (κ2) is 9.74. The first-order valence-corrected chi connectivity index (χ1v) is 12.9. The largest absolute Gasteiger partial charge is 0.505 e. The van der Waals surface area contributed by atoms with E-state index in [1.807, 2.05) is 31.5 Å². The Morgan fingerprint density at radius 2 is 2.09 bits per heavy atom. The number of hydrogen-bond donors (Lipinski definition) is 2. The van der Waals surface area contributed by atoms with Gasteiger partial charge in [0.25, 0.3) is 0 Å². The van der Waals surface area contributed by atoms with Crippen molar-refractivity contribution in [2.24, 2.45) is 0 Å². The van der Waals surface area contributed by atoms with Crippen LogP contribution in [-0.4, -0.2) is 70.0 Å². The Morgan fingerprint density at radius 1 is 1.24 bits per heavy atom. The Bertz CT molecular complexity index is 1340. The number of thiazole rings is 1. The average Bonchev–Trinajstić information content (AvgIpc) is 3.44. The van der Waals surface area contributed by atoms with Gasteiger partial charge in [-0.25, -0.2) is 32.2 Å². The van der Waals surface area contributed by atoms with Gasteiger partial charge in [0.15, 0.2) is 27.7 Å². The fraction of sp³-hybridized carbons (Fsp3) is 0.318. The Morgan fingerprint density at radius 3 is 2.91 bits per heavy atom. The van der Waals surface area contributed by atoms with Crippen molar-refractivity contribution in [3.63, 3.8) is 0 Å². The Kier molecular flexibility index (Phi) is 6.55. The van der Waals surface area contributed by atoms with E-state index < -0.39 is 22.7 Å². The van der Waals surface area contributed by atoms with Gasteiger partial charge >= 0.3 is 0 Å². The molecule has 1 saturated heterocycles. The molecule has 0 spiro atoms. The number of rotatable bonds is 7. The van der Waals surface area contributed by atoms with E-state index >= 15 is 0 Å². The number of imidazole rings is 1. The fourth-order valence-corrected chi connectivity index (χ4v) is 6.04. The number of benzene rings is 1. The van der Waals surface area contributed by atoms with E-state index in [1.165, 1.54) is 23.5 Å². The zero-order valence-electron chi connectivity index (χ0n) is 18.5. The number of aromatic nitrogens is 4. The monoisotopic (exact) mass is 501 g/mol. The van der Waals surface area contributed by atoms with Crippen molar-refractivity contribution < 1.29 is 13.7 Å². The lowest BCUT2D eigenvalue weighted by Gasteiger charge is -2.32. The number of anilines is 1. The quantitative estimate of drug-likeness (QED) is 0.403. The minimum atomic E-state index is -1.11. The zero-order valence-corrected chi connectivity index (χ0v) is 20.2. The van der Waals surface area contributed by atoms with Crippen LogP contribution in [0.25, 0.3) is 27.6 Å². The van der Waals surface area contributed by atoms with E-state index in [-0.39, 0.29) is 0 Å². The van der Waals surface area contributed by atoms with E-state index in [9.17, 15) is 13.7 Å². The second-order valence-electron chi connectivity index (χ2n) is 7.76. The Balaban J connectivity index is 1.39.